The van der Waals surface area contributed by atoms with Crippen LogP contribution in [0.2, 0.25) is 0 Å². The molecule has 0 unspecified atom stereocenters. The van der Waals surface area contributed by atoms with Gasteiger partial charge in [0.25, 0.3) is 0 Å². The molecule has 8 aromatic rings. The van der Waals surface area contributed by atoms with Gasteiger partial charge in [-0.1, -0.05) is 79.7 Å². The van der Waals surface area contributed by atoms with Crippen LogP contribution in [0.25, 0.3) is 71.6 Å². The van der Waals surface area contributed by atoms with E-state index in [1.165, 1.54) is 54.7 Å². The number of hydrogen-bond donors (Lipinski definition) is 0. The molecule has 0 amide bonds. The minimum Gasteiger partial charge on any atom is -0.340 e. The van der Waals surface area contributed by atoms with Crippen LogP contribution in [-0.2, 0) is 6.54 Å². The molecule has 8 rings (SSSR count). The maximum atomic E-state index is 9.24. The van der Waals surface area contributed by atoms with Crippen molar-refractivity contribution >= 4 is 43.6 Å². The zero-order valence-electron chi connectivity index (χ0n) is 24.0. The second kappa shape index (κ2) is 10.0. The molecule has 0 saturated heterocycles. The van der Waals surface area contributed by atoms with Gasteiger partial charge in [0.2, 0.25) is 0 Å². The number of nitriles is 1. The Morgan fingerprint density at radius 3 is 1.67 bits per heavy atom. The first-order valence-electron chi connectivity index (χ1n) is 14.9. The van der Waals surface area contributed by atoms with E-state index in [-0.39, 0.29) is 0 Å². The number of rotatable bonds is 5. The zero-order chi connectivity index (χ0) is 28.9. The van der Waals surface area contributed by atoms with E-state index in [0.29, 0.717) is 5.56 Å². The summed E-state index contributed by atoms with van der Waals surface area (Å²) in [5, 5.41) is 14.3. The lowest BCUT2D eigenvalue weighted by atomic mass is 9.99. The van der Waals surface area contributed by atoms with Crippen LogP contribution in [0.5, 0.6) is 0 Å². The number of hydrogen-bond acceptors (Lipinski definition) is 1. The Bertz CT molecular complexity index is 2310. The molecule has 0 fully saturated rings. The molecule has 204 valence electrons. The SMILES string of the molecule is CCCn1c2ccc(-c3ccc(C#N)cc3)cc2c2cc(-c3cccc(-n4c5ccccc5c5ccccc54)c3)ccc21. The average Bonchev–Trinajstić information content (AvgIpc) is 3.57. The van der Waals surface area contributed by atoms with E-state index in [0.717, 1.165) is 29.8 Å². The molecule has 0 saturated carbocycles. The van der Waals surface area contributed by atoms with E-state index in [1.54, 1.807) is 0 Å². The molecule has 0 aliphatic carbocycles. The molecule has 0 atom stereocenters. The van der Waals surface area contributed by atoms with E-state index < -0.39 is 0 Å². The van der Waals surface area contributed by atoms with Gasteiger partial charge in [-0.05, 0) is 89.3 Å². The standard InChI is InChI=1S/C40H29N3/c1-2-22-42-37-20-18-30(28-16-14-27(26-41)15-17-28)24-35(37)36-25-31(19-21-38(36)42)29-8-7-9-32(23-29)43-39-12-5-3-10-33(39)34-11-4-6-13-40(34)43/h3-21,23-25H,2,22H2,1H3. The van der Waals surface area contributed by atoms with E-state index >= 15 is 0 Å². The highest BCUT2D eigenvalue weighted by molar-refractivity contribution is 6.11. The van der Waals surface area contributed by atoms with Crippen LogP contribution < -0.4 is 0 Å². The van der Waals surface area contributed by atoms with Crippen LogP contribution in [0.15, 0.2) is 133 Å². The molecule has 0 N–H and O–H groups in total. The molecular weight excluding hydrogens is 522 g/mol. The van der Waals surface area contributed by atoms with E-state index in [2.05, 4.69) is 131 Å². The van der Waals surface area contributed by atoms with Gasteiger partial charge in [-0.25, -0.2) is 0 Å². The third-order valence-corrected chi connectivity index (χ3v) is 8.68. The molecule has 0 aliphatic rings. The maximum Gasteiger partial charge on any atom is 0.0991 e. The predicted octanol–water partition coefficient (Wildman–Crippen LogP) is 10.5. The molecule has 0 bridgehead atoms. The summed E-state index contributed by atoms with van der Waals surface area (Å²) in [5.74, 6) is 0. The highest BCUT2D eigenvalue weighted by Gasteiger charge is 2.15. The third-order valence-electron chi connectivity index (χ3n) is 8.68. The number of aryl methyl sites for hydroxylation is 1. The van der Waals surface area contributed by atoms with Gasteiger partial charge in [0, 0.05) is 44.8 Å². The maximum absolute atomic E-state index is 9.24. The highest BCUT2D eigenvalue weighted by Crippen LogP contribution is 2.37. The number of para-hydroxylation sites is 2. The Morgan fingerprint density at radius 1 is 0.512 bits per heavy atom. The number of fused-ring (bicyclic) bond motifs is 6. The topological polar surface area (TPSA) is 33.6 Å². The first kappa shape index (κ1) is 25.1. The summed E-state index contributed by atoms with van der Waals surface area (Å²) in [5.41, 5.74) is 11.5. The summed E-state index contributed by atoms with van der Waals surface area (Å²) < 4.78 is 4.83. The van der Waals surface area contributed by atoms with Crippen molar-refractivity contribution in [3.05, 3.63) is 139 Å². The fourth-order valence-electron chi connectivity index (χ4n) is 6.69. The van der Waals surface area contributed by atoms with Crippen LogP contribution in [-0.4, -0.2) is 9.13 Å². The summed E-state index contributed by atoms with van der Waals surface area (Å²) in [7, 11) is 0. The Morgan fingerprint density at radius 2 is 1.07 bits per heavy atom. The van der Waals surface area contributed by atoms with Crippen molar-refractivity contribution in [1.29, 1.82) is 5.26 Å². The minimum atomic E-state index is 0.678. The largest absolute Gasteiger partial charge is 0.340 e. The van der Waals surface area contributed by atoms with Gasteiger partial charge >= 0.3 is 0 Å². The molecule has 0 radical (unpaired) electrons. The van der Waals surface area contributed by atoms with E-state index in [9.17, 15) is 5.26 Å². The van der Waals surface area contributed by atoms with Crippen molar-refractivity contribution in [3.8, 4) is 34.0 Å². The van der Waals surface area contributed by atoms with Crippen LogP contribution in [0.4, 0.5) is 0 Å². The molecular formula is C40H29N3. The summed E-state index contributed by atoms with van der Waals surface area (Å²) in [6, 6.07) is 50.0. The minimum absolute atomic E-state index is 0.678. The van der Waals surface area contributed by atoms with E-state index in [4.69, 9.17) is 0 Å². The summed E-state index contributed by atoms with van der Waals surface area (Å²) in [4.78, 5) is 0. The predicted molar refractivity (Wildman–Crippen MR) is 180 cm³/mol. The van der Waals surface area contributed by atoms with E-state index in [1.807, 2.05) is 24.3 Å². The van der Waals surface area contributed by atoms with Crippen molar-refractivity contribution in [1.82, 2.24) is 9.13 Å². The molecule has 0 aliphatic heterocycles. The van der Waals surface area contributed by atoms with Crippen molar-refractivity contribution in [2.75, 3.05) is 0 Å². The average molecular weight is 552 g/mol. The second-order valence-electron chi connectivity index (χ2n) is 11.2. The van der Waals surface area contributed by atoms with Crippen molar-refractivity contribution in [2.45, 2.75) is 19.9 Å². The van der Waals surface area contributed by atoms with Crippen LogP contribution >= 0.6 is 0 Å². The van der Waals surface area contributed by atoms with Crippen molar-refractivity contribution in [2.24, 2.45) is 0 Å². The third kappa shape index (κ3) is 4.03. The lowest BCUT2D eigenvalue weighted by Gasteiger charge is -2.11. The second-order valence-corrected chi connectivity index (χ2v) is 11.2. The molecule has 43 heavy (non-hydrogen) atoms. The molecule has 6 aromatic carbocycles. The molecule has 2 heterocycles. The summed E-state index contributed by atoms with van der Waals surface area (Å²) >= 11 is 0. The van der Waals surface area contributed by atoms with Gasteiger partial charge in [0.05, 0.1) is 22.7 Å². The highest BCUT2D eigenvalue weighted by atomic mass is 15.0. The smallest absolute Gasteiger partial charge is 0.0991 e. The van der Waals surface area contributed by atoms with Crippen molar-refractivity contribution < 1.29 is 0 Å². The normalized spacial score (nSPS) is 11.5. The van der Waals surface area contributed by atoms with Crippen LogP contribution in [0.1, 0.15) is 18.9 Å². The Hall–Kier alpha value is -5.59. The molecule has 2 aromatic heterocycles. The number of nitrogens with zero attached hydrogens (tertiary/aromatic N) is 3. The first-order chi connectivity index (χ1) is 21.2. The molecule has 3 heteroatoms. The fourth-order valence-corrected chi connectivity index (χ4v) is 6.69. The zero-order valence-corrected chi connectivity index (χ0v) is 24.0. The monoisotopic (exact) mass is 551 g/mol. The summed E-state index contributed by atoms with van der Waals surface area (Å²) in [6.45, 7) is 3.20. The number of benzene rings is 6. The van der Waals surface area contributed by atoms with Gasteiger partial charge in [-0.15, -0.1) is 0 Å². The van der Waals surface area contributed by atoms with Gasteiger partial charge in [-0.3, -0.25) is 0 Å². The van der Waals surface area contributed by atoms with Crippen LogP contribution in [0, 0.1) is 11.3 Å². The molecule has 3 nitrogen and oxygen atoms in total. The lowest BCUT2D eigenvalue weighted by Crippen LogP contribution is -1.96. The lowest BCUT2D eigenvalue weighted by molar-refractivity contribution is 0.724. The van der Waals surface area contributed by atoms with Crippen LogP contribution in [0.3, 0.4) is 0 Å². The summed E-state index contributed by atoms with van der Waals surface area (Å²) in [6.07, 6.45) is 1.07. The Labute approximate surface area is 250 Å². The van der Waals surface area contributed by atoms with Gasteiger partial charge in [0.1, 0.15) is 0 Å². The fraction of sp³-hybridized carbons (Fsp3) is 0.0750. The Kier molecular flexibility index (Phi) is 5.88. The first-order valence-corrected chi connectivity index (χ1v) is 14.9. The van der Waals surface area contributed by atoms with Gasteiger partial charge in [0.15, 0.2) is 0 Å². The number of aromatic nitrogens is 2. The Balaban J connectivity index is 1.30. The van der Waals surface area contributed by atoms with Crippen molar-refractivity contribution in [3.63, 3.8) is 0 Å². The van der Waals surface area contributed by atoms with Gasteiger partial charge < -0.3 is 9.13 Å². The molecule has 0 spiro atoms. The van der Waals surface area contributed by atoms with Gasteiger partial charge in [-0.2, -0.15) is 5.26 Å². The quantitative estimate of drug-likeness (QED) is 0.209.